The highest BCUT2D eigenvalue weighted by atomic mass is 16.2. The summed E-state index contributed by atoms with van der Waals surface area (Å²) >= 11 is 0. The third kappa shape index (κ3) is 3.85. The van der Waals surface area contributed by atoms with E-state index in [-0.39, 0.29) is 6.03 Å². The maximum atomic E-state index is 11.9. The molecule has 2 saturated heterocycles. The van der Waals surface area contributed by atoms with Crippen molar-refractivity contribution in [2.24, 2.45) is 5.92 Å². The number of carbonyl (C=O) groups excluding carboxylic acids is 1. The molecular weight excluding hydrogens is 252 g/mol. The molecule has 2 heterocycles. The van der Waals surface area contributed by atoms with Crippen molar-refractivity contribution in [2.45, 2.75) is 31.7 Å². The average Bonchev–Trinajstić information content (AvgIpc) is 2.47. The molecular formula is C15H30N4O. The second kappa shape index (κ2) is 7.27. The maximum absolute atomic E-state index is 11.9. The fourth-order valence-electron chi connectivity index (χ4n) is 3.59. The van der Waals surface area contributed by atoms with Crippen molar-refractivity contribution in [3.05, 3.63) is 0 Å². The molecule has 116 valence electrons. The van der Waals surface area contributed by atoms with Gasteiger partial charge in [0.2, 0.25) is 0 Å². The summed E-state index contributed by atoms with van der Waals surface area (Å²) in [6.45, 7) is 5.43. The van der Waals surface area contributed by atoms with Crippen molar-refractivity contribution in [1.82, 2.24) is 20.0 Å². The SMILES string of the molecule is CNCC1CCCN(C2CCN(C(=O)N(C)C)CC2)C1. The van der Waals surface area contributed by atoms with Gasteiger partial charge in [-0.15, -0.1) is 0 Å². The Hall–Kier alpha value is -0.810. The van der Waals surface area contributed by atoms with Crippen molar-refractivity contribution in [1.29, 1.82) is 0 Å². The Morgan fingerprint density at radius 2 is 1.90 bits per heavy atom. The molecule has 0 saturated carbocycles. The van der Waals surface area contributed by atoms with Gasteiger partial charge in [0.15, 0.2) is 0 Å². The molecule has 5 nitrogen and oxygen atoms in total. The minimum atomic E-state index is 0.162. The van der Waals surface area contributed by atoms with Crippen molar-refractivity contribution in [3.8, 4) is 0 Å². The molecule has 0 aromatic heterocycles. The fourth-order valence-corrected chi connectivity index (χ4v) is 3.59. The van der Waals surface area contributed by atoms with Gasteiger partial charge in [0, 0.05) is 39.8 Å². The van der Waals surface area contributed by atoms with Gasteiger partial charge in [-0.2, -0.15) is 0 Å². The molecule has 0 aromatic carbocycles. The van der Waals surface area contributed by atoms with Crippen LogP contribution in [0.5, 0.6) is 0 Å². The van der Waals surface area contributed by atoms with Crippen LogP contribution >= 0.6 is 0 Å². The second-order valence-corrected chi connectivity index (χ2v) is 6.46. The van der Waals surface area contributed by atoms with Gasteiger partial charge in [-0.25, -0.2) is 4.79 Å². The monoisotopic (exact) mass is 282 g/mol. The van der Waals surface area contributed by atoms with Crippen LogP contribution < -0.4 is 5.32 Å². The molecule has 2 amide bonds. The molecule has 0 spiro atoms. The van der Waals surface area contributed by atoms with Crippen LogP contribution in [-0.4, -0.2) is 80.6 Å². The van der Waals surface area contributed by atoms with Gasteiger partial charge in [-0.3, -0.25) is 4.90 Å². The average molecular weight is 282 g/mol. The normalized spacial score (nSPS) is 25.8. The van der Waals surface area contributed by atoms with Crippen LogP contribution in [0.1, 0.15) is 25.7 Å². The number of hydrogen-bond acceptors (Lipinski definition) is 3. The quantitative estimate of drug-likeness (QED) is 0.841. The lowest BCUT2D eigenvalue weighted by Gasteiger charge is -2.42. The van der Waals surface area contributed by atoms with E-state index in [4.69, 9.17) is 0 Å². The molecule has 1 unspecified atom stereocenters. The summed E-state index contributed by atoms with van der Waals surface area (Å²) in [5.41, 5.74) is 0. The van der Waals surface area contributed by atoms with E-state index in [9.17, 15) is 4.79 Å². The summed E-state index contributed by atoms with van der Waals surface area (Å²) in [7, 11) is 5.72. The lowest BCUT2D eigenvalue weighted by atomic mass is 9.94. The number of rotatable bonds is 3. The molecule has 0 aromatic rings. The maximum Gasteiger partial charge on any atom is 0.319 e. The summed E-state index contributed by atoms with van der Waals surface area (Å²) in [5.74, 6) is 0.801. The van der Waals surface area contributed by atoms with Crippen molar-refractivity contribution < 1.29 is 4.79 Å². The molecule has 1 N–H and O–H groups in total. The Kier molecular flexibility index (Phi) is 5.66. The number of carbonyl (C=O) groups is 1. The number of nitrogens with zero attached hydrogens (tertiary/aromatic N) is 3. The van der Waals surface area contributed by atoms with Gasteiger partial charge >= 0.3 is 6.03 Å². The summed E-state index contributed by atoms with van der Waals surface area (Å²) in [6.07, 6.45) is 4.94. The molecule has 1 atom stereocenters. The fraction of sp³-hybridized carbons (Fsp3) is 0.933. The van der Waals surface area contributed by atoms with E-state index in [2.05, 4.69) is 10.2 Å². The van der Waals surface area contributed by atoms with E-state index in [1.807, 2.05) is 26.0 Å². The predicted octanol–water partition coefficient (Wildman–Crippen LogP) is 1.06. The molecule has 2 aliphatic heterocycles. The predicted molar refractivity (Wildman–Crippen MR) is 81.9 cm³/mol. The summed E-state index contributed by atoms with van der Waals surface area (Å²) in [4.78, 5) is 18.3. The smallest absolute Gasteiger partial charge is 0.319 e. The lowest BCUT2D eigenvalue weighted by Crippen LogP contribution is -2.51. The molecule has 20 heavy (non-hydrogen) atoms. The van der Waals surface area contributed by atoms with E-state index < -0.39 is 0 Å². The minimum Gasteiger partial charge on any atom is -0.331 e. The summed E-state index contributed by atoms with van der Waals surface area (Å²) in [5, 5.41) is 3.31. The number of hydrogen-bond donors (Lipinski definition) is 1. The Bertz CT molecular complexity index is 311. The molecule has 2 aliphatic rings. The van der Waals surface area contributed by atoms with E-state index >= 15 is 0 Å². The van der Waals surface area contributed by atoms with E-state index in [1.165, 1.54) is 25.9 Å². The minimum absolute atomic E-state index is 0.162. The highest BCUT2D eigenvalue weighted by Crippen LogP contribution is 2.23. The highest BCUT2D eigenvalue weighted by Gasteiger charge is 2.30. The number of nitrogens with one attached hydrogen (secondary N) is 1. The van der Waals surface area contributed by atoms with E-state index in [0.717, 1.165) is 38.4 Å². The number of amides is 2. The zero-order valence-electron chi connectivity index (χ0n) is 13.3. The molecule has 0 bridgehead atoms. The second-order valence-electron chi connectivity index (χ2n) is 6.46. The van der Waals surface area contributed by atoms with Gasteiger partial charge in [-0.1, -0.05) is 0 Å². The van der Waals surface area contributed by atoms with Crippen molar-refractivity contribution in [3.63, 3.8) is 0 Å². The van der Waals surface area contributed by atoms with Gasteiger partial charge in [0.1, 0.15) is 0 Å². The van der Waals surface area contributed by atoms with Crippen LogP contribution in [0.3, 0.4) is 0 Å². The zero-order chi connectivity index (χ0) is 14.5. The van der Waals surface area contributed by atoms with Crippen LogP contribution in [0.2, 0.25) is 0 Å². The van der Waals surface area contributed by atoms with Gasteiger partial charge in [0.05, 0.1) is 0 Å². The van der Waals surface area contributed by atoms with Crippen LogP contribution in [0.25, 0.3) is 0 Å². The summed E-state index contributed by atoms with van der Waals surface area (Å²) in [6, 6.07) is 0.844. The molecule has 2 rings (SSSR count). The topological polar surface area (TPSA) is 38.8 Å². The van der Waals surface area contributed by atoms with Crippen LogP contribution in [-0.2, 0) is 0 Å². The Morgan fingerprint density at radius 3 is 2.50 bits per heavy atom. The Labute approximate surface area is 123 Å². The largest absolute Gasteiger partial charge is 0.331 e. The van der Waals surface area contributed by atoms with Crippen molar-refractivity contribution in [2.75, 3.05) is 53.9 Å². The third-order valence-electron chi connectivity index (χ3n) is 4.68. The first-order valence-corrected chi connectivity index (χ1v) is 7.96. The van der Waals surface area contributed by atoms with Crippen molar-refractivity contribution >= 4 is 6.03 Å². The Morgan fingerprint density at radius 1 is 1.20 bits per heavy atom. The Balaban J connectivity index is 1.80. The number of urea groups is 1. The molecule has 2 fully saturated rings. The number of likely N-dealkylation sites (tertiary alicyclic amines) is 2. The molecule has 0 radical (unpaired) electrons. The highest BCUT2D eigenvalue weighted by molar-refractivity contribution is 5.73. The first kappa shape index (κ1) is 15.6. The van der Waals surface area contributed by atoms with Gasteiger partial charge in [0.25, 0.3) is 0 Å². The third-order valence-corrected chi connectivity index (χ3v) is 4.68. The van der Waals surface area contributed by atoms with Crippen LogP contribution in [0.15, 0.2) is 0 Å². The summed E-state index contributed by atoms with van der Waals surface area (Å²) < 4.78 is 0. The molecule has 0 aliphatic carbocycles. The number of piperidine rings is 2. The van der Waals surface area contributed by atoms with Crippen LogP contribution in [0.4, 0.5) is 4.79 Å². The van der Waals surface area contributed by atoms with Gasteiger partial charge in [-0.05, 0) is 51.7 Å². The zero-order valence-corrected chi connectivity index (χ0v) is 13.3. The molecule has 5 heteroatoms. The first-order valence-electron chi connectivity index (χ1n) is 7.96. The van der Waals surface area contributed by atoms with E-state index in [0.29, 0.717) is 6.04 Å². The van der Waals surface area contributed by atoms with Gasteiger partial charge < -0.3 is 15.1 Å². The lowest BCUT2D eigenvalue weighted by molar-refractivity contribution is 0.0750. The van der Waals surface area contributed by atoms with E-state index in [1.54, 1.807) is 4.90 Å². The van der Waals surface area contributed by atoms with Crippen LogP contribution in [0, 0.1) is 5.92 Å². The standard InChI is InChI=1S/C15H30N4O/c1-16-11-13-5-4-8-19(12-13)14-6-9-18(10-7-14)15(20)17(2)3/h13-14,16H,4-12H2,1-3H3. The first-order chi connectivity index (χ1) is 9.61.